The Bertz CT molecular complexity index is 906. The van der Waals surface area contributed by atoms with Crippen molar-refractivity contribution in [1.29, 1.82) is 0 Å². The van der Waals surface area contributed by atoms with Gasteiger partial charge in [0.1, 0.15) is 11.0 Å². The van der Waals surface area contributed by atoms with E-state index in [1.807, 2.05) is 0 Å². The molecule has 3 rings (SSSR count). The summed E-state index contributed by atoms with van der Waals surface area (Å²) < 4.78 is 79.5. The summed E-state index contributed by atoms with van der Waals surface area (Å²) in [5.41, 5.74) is 0.693. The predicted octanol–water partition coefficient (Wildman–Crippen LogP) is 6.07. The largest absolute Gasteiger partial charge is 0.497 e. The van der Waals surface area contributed by atoms with Crippen LogP contribution in [0.25, 0.3) is 0 Å². The third-order valence-corrected chi connectivity index (χ3v) is 6.82. The molecule has 30 heavy (non-hydrogen) atoms. The van der Waals surface area contributed by atoms with Gasteiger partial charge in [-0.1, -0.05) is 56.7 Å². The summed E-state index contributed by atoms with van der Waals surface area (Å²) in [6.45, 7) is 0.868. The number of carbonyl (C=O) groups is 1. The minimum Gasteiger partial charge on any atom is -0.497 e. The lowest BCUT2D eigenvalue weighted by molar-refractivity contribution is -0.143. The van der Waals surface area contributed by atoms with Gasteiger partial charge in [0.05, 0.1) is 19.8 Å². The topological polar surface area (TPSA) is 38.8 Å². The summed E-state index contributed by atoms with van der Waals surface area (Å²) in [7, 11) is -8.51. The highest BCUT2D eigenvalue weighted by Gasteiger charge is 2.75. The highest BCUT2D eigenvalue weighted by molar-refractivity contribution is 8.46. The van der Waals surface area contributed by atoms with Crippen LogP contribution < -0.4 is 9.64 Å². The zero-order valence-electron chi connectivity index (χ0n) is 16.3. The van der Waals surface area contributed by atoms with Crippen LogP contribution in [0, 0.1) is 0 Å². The summed E-state index contributed by atoms with van der Waals surface area (Å²) in [5, 5.41) is -2.99. The Morgan fingerprint density at radius 1 is 1.00 bits per heavy atom. The number of halogens is 5. The molecule has 166 valence electrons. The van der Waals surface area contributed by atoms with E-state index in [-0.39, 0.29) is 12.3 Å². The molecule has 0 spiro atoms. The van der Waals surface area contributed by atoms with Gasteiger partial charge in [-0.2, -0.15) is 0 Å². The quantitative estimate of drug-likeness (QED) is 0.361. The van der Waals surface area contributed by atoms with E-state index in [1.54, 1.807) is 30.3 Å². The average molecular weight is 451 g/mol. The molecule has 2 aromatic carbocycles. The van der Waals surface area contributed by atoms with Crippen molar-refractivity contribution in [1.82, 2.24) is 0 Å². The fourth-order valence-electron chi connectivity index (χ4n) is 3.64. The number of nitrogens with zero attached hydrogens (tertiary/aromatic N) is 1. The molecule has 0 N–H and O–H groups in total. The Morgan fingerprint density at radius 3 is 2.10 bits per heavy atom. The Labute approximate surface area is 171 Å². The van der Waals surface area contributed by atoms with Gasteiger partial charge in [-0.25, -0.2) is 0 Å². The van der Waals surface area contributed by atoms with Gasteiger partial charge in [0.25, 0.3) is 16.1 Å². The number of hydrogen-bond donors (Lipinski definition) is 0. The molecule has 1 amide bonds. The van der Waals surface area contributed by atoms with Crippen LogP contribution >= 0.6 is 10.2 Å². The number of anilines is 1. The van der Waals surface area contributed by atoms with Crippen LogP contribution in [-0.2, 0) is 16.1 Å². The first kappa shape index (κ1) is 22.4. The van der Waals surface area contributed by atoms with Crippen molar-refractivity contribution >= 4 is 21.8 Å². The van der Waals surface area contributed by atoms with Crippen molar-refractivity contribution in [3.05, 3.63) is 60.2 Å². The number of hydrogen-bond acceptors (Lipinski definition) is 3. The summed E-state index contributed by atoms with van der Waals surface area (Å²) >= 11 is 0. The molecule has 0 saturated carbocycles. The maximum Gasteiger partial charge on any atom is 0.290 e. The first-order valence-electron chi connectivity index (χ1n) is 9.21. The molecule has 0 aromatic heterocycles. The zero-order valence-corrected chi connectivity index (χ0v) is 17.1. The van der Waals surface area contributed by atoms with Gasteiger partial charge in [0.2, 0.25) is 0 Å². The molecule has 0 aliphatic carbocycles. The van der Waals surface area contributed by atoms with Crippen LogP contribution in [0.1, 0.15) is 18.9 Å². The Kier molecular flexibility index (Phi) is 5.31. The lowest BCUT2D eigenvalue weighted by Crippen LogP contribution is -2.71. The molecule has 0 radical (unpaired) electrons. The van der Waals surface area contributed by atoms with Gasteiger partial charge >= 0.3 is 0 Å². The van der Waals surface area contributed by atoms with E-state index in [2.05, 4.69) is 0 Å². The third-order valence-electron chi connectivity index (χ3n) is 5.07. The fraction of sp³-hybridized carbons (Fsp3) is 0.350. The van der Waals surface area contributed by atoms with Crippen LogP contribution in [0.5, 0.6) is 5.75 Å². The molecule has 0 bridgehead atoms. The van der Waals surface area contributed by atoms with E-state index in [0.29, 0.717) is 11.3 Å². The minimum atomic E-state index is -9.92. The summed E-state index contributed by atoms with van der Waals surface area (Å²) in [6.07, 6.45) is -2.51. The third kappa shape index (κ3) is 4.54. The molecule has 3 unspecified atom stereocenters. The van der Waals surface area contributed by atoms with Gasteiger partial charge in [0, 0.05) is 5.69 Å². The summed E-state index contributed by atoms with van der Waals surface area (Å²) in [4.78, 5) is 13.4. The lowest BCUT2D eigenvalue weighted by Gasteiger charge is -2.57. The summed E-state index contributed by atoms with van der Waals surface area (Å²) in [5.74, 6) is -0.374. The monoisotopic (exact) mass is 451 g/mol. The van der Waals surface area contributed by atoms with E-state index in [4.69, 9.17) is 9.47 Å². The summed E-state index contributed by atoms with van der Waals surface area (Å²) in [6, 6.07) is 12.2. The molecule has 2 aromatic rings. The second-order valence-electron chi connectivity index (χ2n) is 7.09. The molecule has 10 heteroatoms. The Balaban J connectivity index is 1.94. The number of ether oxygens (including phenoxy) is 2. The van der Waals surface area contributed by atoms with Crippen LogP contribution in [0.15, 0.2) is 54.6 Å². The second kappa shape index (κ2) is 7.12. The van der Waals surface area contributed by atoms with E-state index < -0.39 is 39.9 Å². The number of amides is 1. The molecule has 1 aliphatic rings. The van der Waals surface area contributed by atoms with Crippen LogP contribution in [-0.4, -0.2) is 30.4 Å². The van der Waals surface area contributed by atoms with Gasteiger partial charge in [0.15, 0.2) is 6.10 Å². The standard InChI is InChI=1S/C20H22F5NO3S/c1-3-17(30(21,22,23,24)25)18-19(29-13-14-7-5-4-6-8-14)20(27)26(18)15-9-11-16(28-2)12-10-15/h4-12,17-19H,3,13H2,1-2H3. The number of rotatable bonds is 8. The SMILES string of the molecule is CCC(C1C(OCc2ccccc2)C(=O)N1c1ccc(OC)cc1)S(F)(F)(F)(F)F. The molecule has 1 aliphatic heterocycles. The van der Waals surface area contributed by atoms with E-state index in [1.165, 1.54) is 31.4 Å². The maximum atomic E-state index is 13.8. The molecule has 4 nitrogen and oxygen atoms in total. The van der Waals surface area contributed by atoms with E-state index in [9.17, 15) is 24.2 Å². The van der Waals surface area contributed by atoms with Crippen LogP contribution in [0.2, 0.25) is 0 Å². The molecular formula is C20H22F5NO3S. The van der Waals surface area contributed by atoms with Crippen molar-refractivity contribution < 1.29 is 33.7 Å². The minimum absolute atomic E-state index is 0.0747. The Hall–Kier alpha value is -2.33. The highest BCUT2D eigenvalue weighted by atomic mass is 32.5. The van der Waals surface area contributed by atoms with E-state index in [0.717, 1.165) is 11.8 Å². The van der Waals surface area contributed by atoms with Gasteiger partial charge in [-0.15, -0.1) is 0 Å². The number of β-lactam (4-membered cyclic amide) rings is 1. The van der Waals surface area contributed by atoms with Crippen LogP contribution in [0.3, 0.4) is 0 Å². The van der Waals surface area contributed by atoms with Crippen molar-refractivity contribution in [2.45, 2.75) is 37.3 Å². The molecule has 1 fully saturated rings. The lowest BCUT2D eigenvalue weighted by atomic mass is 9.92. The number of carbonyl (C=O) groups excluding carboxylic acids is 1. The number of methoxy groups -OCH3 is 1. The smallest absolute Gasteiger partial charge is 0.290 e. The fourth-order valence-corrected chi connectivity index (χ4v) is 5.06. The molecule has 1 saturated heterocycles. The first-order chi connectivity index (χ1) is 13.9. The van der Waals surface area contributed by atoms with E-state index >= 15 is 0 Å². The highest BCUT2D eigenvalue weighted by Crippen LogP contribution is 3.01. The normalized spacial score (nSPS) is 22.6. The van der Waals surface area contributed by atoms with Crippen LogP contribution in [0.4, 0.5) is 25.1 Å². The molecule has 3 atom stereocenters. The van der Waals surface area contributed by atoms with Crippen molar-refractivity contribution in [3.8, 4) is 5.75 Å². The maximum absolute atomic E-state index is 13.8. The number of benzene rings is 2. The average Bonchev–Trinajstić information content (AvgIpc) is 2.67. The predicted molar refractivity (Wildman–Crippen MR) is 106 cm³/mol. The van der Waals surface area contributed by atoms with Gasteiger partial charge < -0.3 is 14.4 Å². The van der Waals surface area contributed by atoms with Gasteiger partial charge in [-0.05, 0) is 36.2 Å². The molecule has 1 heterocycles. The zero-order chi connectivity index (χ0) is 22.2. The van der Waals surface area contributed by atoms with Crippen molar-refractivity contribution in [2.75, 3.05) is 12.0 Å². The van der Waals surface area contributed by atoms with Crippen molar-refractivity contribution in [2.24, 2.45) is 0 Å². The Morgan fingerprint density at radius 2 is 1.60 bits per heavy atom. The van der Waals surface area contributed by atoms with Crippen molar-refractivity contribution in [3.63, 3.8) is 0 Å². The first-order valence-corrected chi connectivity index (χ1v) is 11.2. The van der Waals surface area contributed by atoms with Gasteiger partial charge in [-0.3, -0.25) is 4.79 Å². The molecular weight excluding hydrogens is 429 g/mol. The second-order valence-corrected chi connectivity index (χ2v) is 9.75.